The molecule has 0 amide bonds. The number of halogens is 2. The number of ether oxygens (including phenoxy) is 3. The van der Waals surface area contributed by atoms with Crippen molar-refractivity contribution in [1.29, 1.82) is 0 Å². The Labute approximate surface area is 184 Å². The summed E-state index contributed by atoms with van der Waals surface area (Å²) in [5.41, 5.74) is 1.82. The Kier molecular flexibility index (Phi) is 9.04. The molecule has 0 radical (unpaired) electrons. The van der Waals surface area contributed by atoms with E-state index >= 15 is 0 Å². The van der Waals surface area contributed by atoms with Gasteiger partial charge >= 0.3 is 0 Å². The van der Waals surface area contributed by atoms with E-state index in [1.165, 1.54) is 6.07 Å². The fourth-order valence-electron chi connectivity index (χ4n) is 3.63. The molecule has 1 aliphatic rings. The number of hydrogen-bond donors (Lipinski definition) is 0. The van der Waals surface area contributed by atoms with Gasteiger partial charge in [0.05, 0.1) is 32.0 Å². The topological polar surface area (TPSA) is 27.7 Å². The lowest BCUT2D eigenvalue weighted by Gasteiger charge is -2.29. The predicted molar refractivity (Wildman–Crippen MR) is 119 cm³/mol. The highest BCUT2D eigenvalue weighted by molar-refractivity contribution is 5.65. The normalized spacial score (nSPS) is 18.7. The van der Waals surface area contributed by atoms with E-state index in [0.717, 1.165) is 44.1 Å². The van der Waals surface area contributed by atoms with E-state index in [9.17, 15) is 8.78 Å². The first kappa shape index (κ1) is 23.4. The second-order valence-corrected chi connectivity index (χ2v) is 7.97. The second-order valence-electron chi connectivity index (χ2n) is 7.97. The number of hydrogen-bond acceptors (Lipinski definition) is 3. The first-order valence-electron chi connectivity index (χ1n) is 11.2. The maximum Gasteiger partial charge on any atom is 0.201 e. The Bertz CT molecular complexity index is 827. The molecule has 2 aromatic rings. The van der Waals surface area contributed by atoms with Crippen LogP contribution in [0.1, 0.15) is 51.0 Å². The zero-order chi connectivity index (χ0) is 22.1. The molecule has 3 rings (SSSR count). The van der Waals surface area contributed by atoms with Crippen LogP contribution in [0.25, 0.3) is 11.1 Å². The third kappa shape index (κ3) is 6.62. The number of rotatable bonds is 11. The van der Waals surface area contributed by atoms with Gasteiger partial charge in [-0.25, -0.2) is 4.39 Å². The van der Waals surface area contributed by atoms with E-state index < -0.39 is 11.6 Å². The minimum absolute atomic E-state index is 0.0406. The van der Waals surface area contributed by atoms with Crippen molar-refractivity contribution in [3.8, 4) is 16.9 Å². The molecule has 2 unspecified atom stereocenters. The van der Waals surface area contributed by atoms with Crippen molar-refractivity contribution in [1.82, 2.24) is 0 Å². The number of benzene rings is 2. The van der Waals surface area contributed by atoms with Crippen LogP contribution in [0, 0.1) is 11.6 Å². The lowest BCUT2D eigenvalue weighted by Crippen LogP contribution is -2.31. The summed E-state index contributed by atoms with van der Waals surface area (Å²) in [5.74, 6) is -1.87. The lowest BCUT2D eigenvalue weighted by atomic mass is 10.0. The van der Waals surface area contributed by atoms with Gasteiger partial charge in [0.2, 0.25) is 5.82 Å². The van der Waals surface area contributed by atoms with Crippen LogP contribution in [0.4, 0.5) is 8.78 Å². The van der Waals surface area contributed by atoms with Crippen molar-refractivity contribution in [2.75, 3.05) is 13.2 Å². The summed E-state index contributed by atoms with van der Waals surface area (Å²) in [6, 6.07) is 10.4. The van der Waals surface area contributed by atoms with Crippen molar-refractivity contribution in [3.05, 3.63) is 66.3 Å². The monoisotopic (exact) mass is 430 g/mol. The van der Waals surface area contributed by atoms with Crippen molar-refractivity contribution >= 4 is 0 Å². The summed E-state index contributed by atoms with van der Waals surface area (Å²) < 4.78 is 46.1. The van der Waals surface area contributed by atoms with Gasteiger partial charge in [-0.1, -0.05) is 43.7 Å². The Hall–Kier alpha value is -2.24. The van der Waals surface area contributed by atoms with Gasteiger partial charge in [0.15, 0.2) is 11.6 Å². The Balaban J connectivity index is 1.53. The highest BCUT2D eigenvalue weighted by atomic mass is 19.2. The lowest BCUT2D eigenvalue weighted by molar-refractivity contribution is -0.0920. The van der Waals surface area contributed by atoms with E-state index in [4.69, 9.17) is 14.2 Å². The molecule has 0 aliphatic carbocycles. The fraction of sp³-hybridized carbons (Fsp3) is 0.462. The minimum atomic E-state index is -0.940. The predicted octanol–water partition coefficient (Wildman–Crippen LogP) is 6.84. The molecule has 5 heteroatoms. The SMILES string of the molecule is C=CCCC1CCC(OCc2ccc(-c3ccc(OCCCC)c(F)c3F)cc2)CO1. The molecule has 3 nitrogen and oxygen atoms in total. The largest absolute Gasteiger partial charge is 0.490 e. The van der Waals surface area contributed by atoms with Crippen LogP contribution in [0.15, 0.2) is 49.1 Å². The molecule has 2 atom stereocenters. The molecule has 1 fully saturated rings. The molecule has 1 heterocycles. The van der Waals surface area contributed by atoms with Crippen LogP contribution >= 0.6 is 0 Å². The standard InChI is InChI=1S/C26H32F2O3/c1-3-5-7-21-12-13-22(18-31-21)30-17-19-8-10-20(11-9-19)23-14-15-24(26(28)25(23)27)29-16-6-4-2/h3,8-11,14-15,21-22H,1,4-7,12-13,16-18H2,2H3. The molecular formula is C26H32F2O3. The average molecular weight is 431 g/mol. The summed E-state index contributed by atoms with van der Waals surface area (Å²) >= 11 is 0. The average Bonchev–Trinajstić information content (AvgIpc) is 2.80. The van der Waals surface area contributed by atoms with Gasteiger partial charge < -0.3 is 14.2 Å². The molecule has 31 heavy (non-hydrogen) atoms. The van der Waals surface area contributed by atoms with Crippen molar-refractivity contribution in [2.24, 2.45) is 0 Å². The van der Waals surface area contributed by atoms with Crippen LogP contribution in [0.5, 0.6) is 5.75 Å². The Morgan fingerprint density at radius 2 is 1.90 bits per heavy atom. The van der Waals surface area contributed by atoms with Gasteiger partial charge in [0.25, 0.3) is 0 Å². The van der Waals surface area contributed by atoms with Gasteiger partial charge in [-0.3, -0.25) is 0 Å². The van der Waals surface area contributed by atoms with Crippen LogP contribution in [-0.4, -0.2) is 25.4 Å². The summed E-state index contributed by atoms with van der Waals surface area (Å²) in [6.45, 7) is 7.22. The smallest absolute Gasteiger partial charge is 0.201 e. The van der Waals surface area contributed by atoms with E-state index in [1.54, 1.807) is 18.2 Å². The van der Waals surface area contributed by atoms with E-state index in [0.29, 0.717) is 31.5 Å². The van der Waals surface area contributed by atoms with E-state index in [2.05, 4.69) is 6.58 Å². The maximum absolute atomic E-state index is 14.6. The molecule has 0 aromatic heterocycles. The second kappa shape index (κ2) is 12.0. The molecule has 0 saturated carbocycles. The minimum Gasteiger partial charge on any atom is -0.490 e. The molecular weight excluding hydrogens is 398 g/mol. The third-order valence-electron chi connectivity index (χ3n) is 5.57. The molecule has 0 bridgehead atoms. The molecule has 1 saturated heterocycles. The summed E-state index contributed by atoms with van der Waals surface area (Å²) in [5, 5.41) is 0. The van der Waals surface area contributed by atoms with Crippen LogP contribution < -0.4 is 4.74 Å². The quantitative estimate of drug-likeness (QED) is 0.288. The molecule has 168 valence electrons. The number of unbranched alkanes of at least 4 members (excludes halogenated alkanes) is 1. The first-order chi connectivity index (χ1) is 15.1. The Morgan fingerprint density at radius 1 is 1.10 bits per heavy atom. The van der Waals surface area contributed by atoms with E-state index in [-0.39, 0.29) is 17.4 Å². The van der Waals surface area contributed by atoms with Gasteiger partial charge in [-0.15, -0.1) is 6.58 Å². The van der Waals surface area contributed by atoms with Gasteiger partial charge in [-0.2, -0.15) is 4.39 Å². The van der Waals surface area contributed by atoms with Gasteiger partial charge in [0, 0.05) is 5.56 Å². The fourth-order valence-corrected chi connectivity index (χ4v) is 3.63. The summed E-state index contributed by atoms with van der Waals surface area (Å²) in [6.07, 6.45) is 8.02. The van der Waals surface area contributed by atoms with Gasteiger partial charge in [0.1, 0.15) is 0 Å². The summed E-state index contributed by atoms with van der Waals surface area (Å²) in [4.78, 5) is 0. The zero-order valence-corrected chi connectivity index (χ0v) is 18.2. The van der Waals surface area contributed by atoms with Crippen LogP contribution in [0.3, 0.4) is 0 Å². The third-order valence-corrected chi connectivity index (χ3v) is 5.57. The van der Waals surface area contributed by atoms with Crippen molar-refractivity contribution in [2.45, 2.75) is 64.3 Å². The molecule has 1 aliphatic heterocycles. The van der Waals surface area contributed by atoms with Gasteiger partial charge in [-0.05, 0) is 55.4 Å². The zero-order valence-electron chi connectivity index (χ0n) is 18.2. The van der Waals surface area contributed by atoms with Crippen LogP contribution in [0.2, 0.25) is 0 Å². The van der Waals surface area contributed by atoms with Crippen molar-refractivity contribution < 1.29 is 23.0 Å². The van der Waals surface area contributed by atoms with E-state index in [1.807, 2.05) is 25.1 Å². The highest BCUT2D eigenvalue weighted by Gasteiger charge is 2.21. The number of allylic oxidation sites excluding steroid dienone is 1. The van der Waals surface area contributed by atoms with Crippen LogP contribution in [-0.2, 0) is 16.1 Å². The Morgan fingerprint density at radius 3 is 2.58 bits per heavy atom. The molecule has 0 N–H and O–H groups in total. The highest BCUT2D eigenvalue weighted by Crippen LogP contribution is 2.30. The first-order valence-corrected chi connectivity index (χ1v) is 11.2. The molecule has 0 spiro atoms. The summed E-state index contributed by atoms with van der Waals surface area (Å²) in [7, 11) is 0. The van der Waals surface area contributed by atoms with Crippen molar-refractivity contribution in [3.63, 3.8) is 0 Å². The maximum atomic E-state index is 14.6. The molecule has 2 aromatic carbocycles.